The molecule has 0 aromatic heterocycles. The maximum Gasteiger partial charge on any atom is 0.472 e. The lowest BCUT2D eigenvalue weighted by molar-refractivity contribution is -0.870. The molecular formula is C39H80N2O6P+. The van der Waals surface area contributed by atoms with Crippen LogP contribution in [0.15, 0.2) is 12.2 Å². The van der Waals surface area contributed by atoms with Gasteiger partial charge in [0.1, 0.15) is 13.2 Å². The maximum absolute atomic E-state index is 12.8. The summed E-state index contributed by atoms with van der Waals surface area (Å²) in [6.45, 7) is 4.80. The average molecular weight is 704 g/mol. The molecule has 0 saturated heterocycles. The Kier molecular flexibility index (Phi) is 31.7. The molecule has 3 N–H and O–H groups in total. The lowest BCUT2D eigenvalue weighted by Gasteiger charge is -2.25. The van der Waals surface area contributed by atoms with E-state index >= 15 is 0 Å². The number of amides is 1. The van der Waals surface area contributed by atoms with Crippen molar-refractivity contribution in [2.45, 2.75) is 193 Å². The van der Waals surface area contributed by atoms with E-state index in [0.29, 0.717) is 17.4 Å². The van der Waals surface area contributed by atoms with Crippen LogP contribution in [0.2, 0.25) is 0 Å². The third-order valence-electron chi connectivity index (χ3n) is 9.01. The van der Waals surface area contributed by atoms with Gasteiger partial charge in [-0.15, -0.1) is 0 Å². The lowest BCUT2D eigenvalue weighted by Crippen LogP contribution is -2.45. The van der Waals surface area contributed by atoms with Gasteiger partial charge in [0.2, 0.25) is 5.91 Å². The number of aliphatic hydroxyl groups excluding tert-OH is 1. The van der Waals surface area contributed by atoms with Crippen LogP contribution in [0, 0.1) is 0 Å². The summed E-state index contributed by atoms with van der Waals surface area (Å²) in [4.78, 5) is 23.0. The highest BCUT2D eigenvalue weighted by Crippen LogP contribution is 2.43. The average Bonchev–Trinajstić information content (AvgIpc) is 3.02. The monoisotopic (exact) mass is 704 g/mol. The highest BCUT2D eigenvalue weighted by molar-refractivity contribution is 7.47. The Morgan fingerprint density at radius 3 is 1.54 bits per heavy atom. The van der Waals surface area contributed by atoms with E-state index in [1.807, 2.05) is 27.2 Å². The Bertz CT molecular complexity index is 804. The second-order valence-corrected chi connectivity index (χ2v) is 16.5. The predicted octanol–water partition coefficient (Wildman–Crippen LogP) is 10.4. The number of carbonyl (C=O) groups is 1. The maximum atomic E-state index is 12.8. The first kappa shape index (κ1) is 47.2. The molecule has 0 saturated carbocycles. The number of phosphoric acid groups is 1. The van der Waals surface area contributed by atoms with E-state index in [2.05, 4.69) is 19.2 Å². The first-order valence-electron chi connectivity index (χ1n) is 20.1. The number of likely N-dealkylation sites (N-methyl/N-ethyl adjacent to an activating group) is 1. The van der Waals surface area contributed by atoms with E-state index in [4.69, 9.17) is 9.05 Å². The zero-order valence-corrected chi connectivity index (χ0v) is 33.1. The first-order valence-corrected chi connectivity index (χ1v) is 21.6. The van der Waals surface area contributed by atoms with Crippen molar-refractivity contribution in [3.05, 3.63) is 12.2 Å². The quantitative estimate of drug-likeness (QED) is 0.0260. The molecule has 0 fully saturated rings. The molecule has 0 aliphatic rings. The number of aliphatic hydroxyl groups is 1. The zero-order valence-electron chi connectivity index (χ0n) is 32.2. The zero-order chi connectivity index (χ0) is 35.8. The smallest absolute Gasteiger partial charge is 0.387 e. The van der Waals surface area contributed by atoms with Gasteiger partial charge in [0.05, 0.1) is 39.9 Å². The summed E-state index contributed by atoms with van der Waals surface area (Å²) in [6, 6.07) is -0.837. The minimum atomic E-state index is -4.32. The second kappa shape index (κ2) is 32.2. The minimum absolute atomic E-state index is 0.0643. The largest absolute Gasteiger partial charge is 0.472 e. The number of quaternary nitrogens is 1. The molecule has 48 heavy (non-hydrogen) atoms. The van der Waals surface area contributed by atoms with Crippen LogP contribution in [-0.2, 0) is 18.4 Å². The molecule has 8 nitrogen and oxygen atoms in total. The number of rotatable bonds is 36. The molecule has 3 unspecified atom stereocenters. The number of nitrogens with one attached hydrogen (secondary N) is 1. The van der Waals surface area contributed by atoms with Gasteiger partial charge in [0.25, 0.3) is 0 Å². The van der Waals surface area contributed by atoms with Gasteiger partial charge in [-0.1, -0.05) is 167 Å². The Hall–Kier alpha value is -0.760. The number of phosphoric ester groups is 1. The summed E-state index contributed by atoms with van der Waals surface area (Å²) in [6.07, 6.45) is 34.1. The van der Waals surface area contributed by atoms with Crippen LogP contribution in [0.25, 0.3) is 0 Å². The molecule has 286 valence electrons. The topological polar surface area (TPSA) is 105 Å². The third-order valence-corrected chi connectivity index (χ3v) is 9.99. The van der Waals surface area contributed by atoms with Gasteiger partial charge >= 0.3 is 7.82 Å². The molecular weight excluding hydrogens is 623 g/mol. The third kappa shape index (κ3) is 33.7. The highest BCUT2D eigenvalue weighted by atomic mass is 31.2. The number of allylic oxidation sites excluding steroid dienone is 1. The molecule has 1 amide bonds. The van der Waals surface area contributed by atoms with Gasteiger partial charge in [-0.25, -0.2) is 4.57 Å². The van der Waals surface area contributed by atoms with Crippen molar-refractivity contribution in [1.29, 1.82) is 0 Å². The SMILES string of the molecule is CCCCCCCCCCCCCC=CC(O)C(COP(=O)(O)OCC[N+](C)(C)C)NC(=O)CCCCCCCCCCCCCCC. The van der Waals surface area contributed by atoms with Gasteiger partial charge in [-0.3, -0.25) is 13.8 Å². The van der Waals surface area contributed by atoms with Gasteiger partial charge in [-0.05, 0) is 19.3 Å². The lowest BCUT2D eigenvalue weighted by atomic mass is 10.0. The molecule has 9 heteroatoms. The van der Waals surface area contributed by atoms with Crippen molar-refractivity contribution in [2.75, 3.05) is 40.9 Å². The summed E-state index contributed by atoms with van der Waals surface area (Å²) < 4.78 is 23.5. The Balaban J connectivity index is 4.50. The molecule has 0 aromatic carbocycles. The number of unbranched alkanes of at least 4 members (excludes halogenated alkanes) is 23. The predicted molar refractivity (Wildman–Crippen MR) is 203 cm³/mol. The van der Waals surface area contributed by atoms with Crippen molar-refractivity contribution >= 4 is 13.7 Å². The van der Waals surface area contributed by atoms with Crippen LogP contribution in [-0.4, -0.2) is 73.4 Å². The fraction of sp³-hybridized carbons (Fsp3) is 0.923. The Morgan fingerprint density at radius 1 is 0.688 bits per heavy atom. The van der Waals surface area contributed by atoms with E-state index in [9.17, 15) is 19.4 Å². The number of hydrogen-bond acceptors (Lipinski definition) is 5. The van der Waals surface area contributed by atoms with E-state index in [0.717, 1.165) is 38.5 Å². The molecule has 0 bridgehead atoms. The first-order chi connectivity index (χ1) is 23.0. The van der Waals surface area contributed by atoms with E-state index in [1.54, 1.807) is 6.08 Å². The standard InChI is InChI=1S/C39H79N2O6P/c1-6-8-10-12-14-16-18-20-22-24-26-28-30-32-38(42)37(36-47-48(44,45)46-35-34-41(3,4)5)40-39(43)33-31-29-27-25-23-21-19-17-15-13-11-9-7-2/h30,32,37-38,42H,6-29,31,33-36H2,1-5H3,(H-,40,43,44,45)/p+1. The van der Waals surface area contributed by atoms with E-state index in [-0.39, 0.29) is 19.1 Å². The van der Waals surface area contributed by atoms with Gasteiger partial charge < -0.3 is 19.8 Å². The Labute approximate surface area is 297 Å². The van der Waals surface area contributed by atoms with Crippen LogP contribution >= 0.6 is 7.82 Å². The Morgan fingerprint density at radius 2 is 1.10 bits per heavy atom. The van der Waals surface area contributed by atoms with Crippen molar-refractivity contribution in [3.8, 4) is 0 Å². The van der Waals surface area contributed by atoms with Crippen LogP contribution in [0.4, 0.5) is 0 Å². The molecule has 0 rings (SSSR count). The molecule has 0 spiro atoms. The number of nitrogens with zero attached hydrogens (tertiary/aromatic N) is 1. The molecule has 0 heterocycles. The summed E-state index contributed by atoms with van der Waals surface area (Å²) in [5, 5.41) is 13.8. The minimum Gasteiger partial charge on any atom is -0.387 e. The number of carbonyl (C=O) groups excluding carboxylic acids is 1. The normalized spacial score (nSPS) is 14.7. The van der Waals surface area contributed by atoms with Crippen molar-refractivity contribution < 1.29 is 32.9 Å². The van der Waals surface area contributed by atoms with Gasteiger partial charge in [-0.2, -0.15) is 0 Å². The summed E-state index contributed by atoms with van der Waals surface area (Å²) in [5.41, 5.74) is 0. The molecule has 0 aliphatic heterocycles. The molecule has 0 aromatic rings. The second-order valence-electron chi connectivity index (χ2n) is 15.0. The summed E-state index contributed by atoms with van der Waals surface area (Å²) in [7, 11) is 1.58. The van der Waals surface area contributed by atoms with Crippen molar-refractivity contribution in [1.82, 2.24) is 5.32 Å². The number of hydrogen-bond donors (Lipinski definition) is 3. The molecule has 3 atom stereocenters. The van der Waals surface area contributed by atoms with E-state index < -0.39 is 20.0 Å². The highest BCUT2D eigenvalue weighted by Gasteiger charge is 2.27. The van der Waals surface area contributed by atoms with Crippen LogP contribution < -0.4 is 5.32 Å². The van der Waals surface area contributed by atoms with Crippen molar-refractivity contribution in [3.63, 3.8) is 0 Å². The molecule has 0 aliphatic carbocycles. The van der Waals surface area contributed by atoms with Crippen LogP contribution in [0.1, 0.15) is 181 Å². The van der Waals surface area contributed by atoms with Crippen molar-refractivity contribution in [2.24, 2.45) is 0 Å². The van der Waals surface area contributed by atoms with Crippen LogP contribution in [0.5, 0.6) is 0 Å². The van der Waals surface area contributed by atoms with Gasteiger partial charge in [0, 0.05) is 6.42 Å². The summed E-state index contributed by atoms with van der Waals surface area (Å²) in [5.74, 6) is -0.178. The van der Waals surface area contributed by atoms with E-state index in [1.165, 1.54) is 122 Å². The fourth-order valence-electron chi connectivity index (χ4n) is 5.75. The molecule has 0 radical (unpaired) electrons. The van der Waals surface area contributed by atoms with Crippen LogP contribution in [0.3, 0.4) is 0 Å². The summed E-state index contributed by atoms with van der Waals surface area (Å²) >= 11 is 0. The fourth-order valence-corrected chi connectivity index (χ4v) is 6.48. The van der Waals surface area contributed by atoms with Gasteiger partial charge in [0.15, 0.2) is 0 Å².